The van der Waals surface area contributed by atoms with Crippen molar-refractivity contribution in [2.75, 3.05) is 11.2 Å². The number of rotatable bonds is 4. The van der Waals surface area contributed by atoms with E-state index in [2.05, 4.69) is 10.1 Å². The van der Waals surface area contributed by atoms with Crippen LogP contribution in [0.5, 0.6) is 5.75 Å². The number of hydrogen-bond donors (Lipinski definition) is 1. The lowest BCUT2D eigenvalue weighted by molar-refractivity contribution is -0.113. The molecular weight excluding hydrogens is 240 g/mol. The number of benzene rings is 1. The van der Waals surface area contributed by atoms with Gasteiger partial charge in [0.2, 0.25) is 5.91 Å². The fourth-order valence-corrected chi connectivity index (χ4v) is 1.16. The SMILES string of the molecule is Cc1ccc(NC(=O)CCl)cc1OC(F)F. The number of carbonyl (C=O) groups is 1. The standard InChI is InChI=1S/C10H10ClF2NO2/c1-6-2-3-7(14-9(15)5-11)4-8(6)16-10(12)13/h2-4,10H,5H2,1H3,(H,14,15). The van der Waals surface area contributed by atoms with Crippen LogP contribution in [-0.2, 0) is 4.79 Å². The van der Waals surface area contributed by atoms with Gasteiger partial charge >= 0.3 is 6.61 Å². The van der Waals surface area contributed by atoms with Crippen molar-refractivity contribution in [1.82, 2.24) is 0 Å². The van der Waals surface area contributed by atoms with Crippen LogP contribution in [0.2, 0.25) is 0 Å². The summed E-state index contributed by atoms with van der Waals surface area (Å²) in [5.74, 6) is -0.574. The number of aryl methyl sites for hydroxylation is 1. The highest BCUT2D eigenvalue weighted by molar-refractivity contribution is 6.29. The van der Waals surface area contributed by atoms with Crippen molar-refractivity contribution in [3.63, 3.8) is 0 Å². The Morgan fingerprint density at radius 3 is 2.81 bits per heavy atom. The summed E-state index contributed by atoms with van der Waals surface area (Å²) in [5, 5.41) is 2.44. The topological polar surface area (TPSA) is 38.3 Å². The van der Waals surface area contributed by atoms with Crippen LogP contribution in [0.4, 0.5) is 14.5 Å². The third kappa shape index (κ3) is 3.66. The lowest BCUT2D eigenvalue weighted by Crippen LogP contribution is -2.13. The van der Waals surface area contributed by atoms with Crippen molar-refractivity contribution in [3.05, 3.63) is 23.8 Å². The number of anilines is 1. The van der Waals surface area contributed by atoms with Crippen molar-refractivity contribution in [3.8, 4) is 5.75 Å². The Balaban J connectivity index is 2.84. The van der Waals surface area contributed by atoms with Crippen molar-refractivity contribution >= 4 is 23.2 Å². The Labute approximate surface area is 96.4 Å². The fourth-order valence-electron chi connectivity index (χ4n) is 1.10. The molecule has 1 N–H and O–H groups in total. The van der Waals surface area contributed by atoms with Gasteiger partial charge in [0.05, 0.1) is 0 Å². The zero-order valence-electron chi connectivity index (χ0n) is 8.47. The largest absolute Gasteiger partial charge is 0.434 e. The molecule has 0 aliphatic rings. The first kappa shape index (κ1) is 12.7. The Bertz CT molecular complexity index is 385. The Morgan fingerprint density at radius 1 is 1.56 bits per heavy atom. The third-order valence-electron chi connectivity index (χ3n) is 1.81. The number of carbonyl (C=O) groups excluding carboxylic acids is 1. The minimum absolute atomic E-state index is 0.0300. The summed E-state index contributed by atoms with van der Waals surface area (Å²) >= 11 is 5.29. The van der Waals surface area contributed by atoms with Gasteiger partial charge in [-0.2, -0.15) is 8.78 Å². The first-order chi connectivity index (χ1) is 7.52. The molecule has 0 spiro atoms. The summed E-state index contributed by atoms with van der Waals surface area (Å²) in [7, 11) is 0. The molecule has 0 atom stereocenters. The van der Waals surface area contributed by atoms with Gasteiger partial charge in [-0.15, -0.1) is 11.6 Å². The molecule has 0 saturated carbocycles. The van der Waals surface area contributed by atoms with Gasteiger partial charge in [0.25, 0.3) is 0 Å². The highest BCUT2D eigenvalue weighted by Gasteiger charge is 2.09. The van der Waals surface area contributed by atoms with Gasteiger partial charge < -0.3 is 10.1 Å². The van der Waals surface area contributed by atoms with Gasteiger partial charge in [-0.1, -0.05) is 6.07 Å². The van der Waals surface area contributed by atoms with Gasteiger partial charge in [-0.3, -0.25) is 4.79 Å². The molecule has 0 fully saturated rings. The maximum absolute atomic E-state index is 12.0. The van der Waals surface area contributed by atoms with Crippen LogP contribution < -0.4 is 10.1 Å². The van der Waals surface area contributed by atoms with Crippen LogP contribution in [-0.4, -0.2) is 18.4 Å². The number of hydrogen-bond acceptors (Lipinski definition) is 2. The van der Waals surface area contributed by atoms with E-state index in [9.17, 15) is 13.6 Å². The molecule has 0 aliphatic carbocycles. The highest BCUT2D eigenvalue weighted by Crippen LogP contribution is 2.24. The number of nitrogens with one attached hydrogen (secondary N) is 1. The molecule has 3 nitrogen and oxygen atoms in total. The van der Waals surface area contributed by atoms with Crippen LogP contribution in [0.3, 0.4) is 0 Å². The molecule has 1 amide bonds. The number of halogens is 3. The second-order valence-corrected chi connectivity index (χ2v) is 3.31. The van der Waals surface area contributed by atoms with Crippen LogP contribution in [0.1, 0.15) is 5.56 Å². The lowest BCUT2D eigenvalue weighted by atomic mass is 10.2. The summed E-state index contributed by atoms with van der Waals surface area (Å²) in [6, 6.07) is 4.48. The van der Waals surface area contributed by atoms with Crippen LogP contribution in [0, 0.1) is 6.92 Å². The predicted molar refractivity (Wildman–Crippen MR) is 57.2 cm³/mol. The number of ether oxygens (including phenoxy) is 1. The van der Waals surface area contributed by atoms with E-state index in [0.29, 0.717) is 11.3 Å². The second-order valence-electron chi connectivity index (χ2n) is 3.04. The third-order valence-corrected chi connectivity index (χ3v) is 2.05. The Hall–Kier alpha value is -1.36. The molecule has 0 aliphatic heterocycles. The van der Waals surface area contributed by atoms with Crippen LogP contribution in [0.25, 0.3) is 0 Å². The molecule has 1 aromatic carbocycles. The van der Waals surface area contributed by atoms with Crippen molar-refractivity contribution in [2.45, 2.75) is 13.5 Å². The zero-order chi connectivity index (χ0) is 12.1. The van der Waals surface area contributed by atoms with Gasteiger partial charge in [0, 0.05) is 11.8 Å². The summed E-state index contributed by atoms with van der Waals surface area (Å²) < 4.78 is 28.3. The first-order valence-corrected chi connectivity index (χ1v) is 4.97. The lowest BCUT2D eigenvalue weighted by Gasteiger charge is -2.10. The Kier molecular flexibility index (Phi) is 4.49. The summed E-state index contributed by atoms with van der Waals surface area (Å²) in [4.78, 5) is 11.0. The van der Waals surface area contributed by atoms with E-state index in [-0.39, 0.29) is 11.6 Å². The van der Waals surface area contributed by atoms with E-state index in [4.69, 9.17) is 11.6 Å². The molecule has 1 rings (SSSR count). The maximum atomic E-state index is 12.0. The first-order valence-electron chi connectivity index (χ1n) is 4.44. The average molecular weight is 250 g/mol. The normalized spacial score (nSPS) is 10.3. The average Bonchev–Trinajstić information content (AvgIpc) is 2.22. The van der Waals surface area contributed by atoms with E-state index in [1.165, 1.54) is 6.07 Å². The predicted octanol–water partition coefficient (Wildman–Crippen LogP) is 2.77. The molecule has 1 aromatic rings. The molecule has 0 unspecified atom stereocenters. The second kappa shape index (κ2) is 5.65. The van der Waals surface area contributed by atoms with Crippen molar-refractivity contribution in [2.24, 2.45) is 0 Å². The van der Waals surface area contributed by atoms with E-state index >= 15 is 0 Å². The van der Waals surface area contributed by atoms with Gasteiger partial charge in [0.15, 0.2) is 0 Å². The molecule has 0 bridgehead atoms. The molecule has 0 heterocycles. The summed E-state index contributed by atoms with van der Waals surface area (Å²) in [6.07, 6.45) is 0. The van der Waals surface area contributed by atoms with E-state index < -0.39 is 12.5 Å². The van der Waals surface area contributed by atoms with E-state index in [1.807, 2.05) is 0 Å². The quantitative estimate of drug-likeness (QED) is 0.834. The van der Waals surface area contributed by atoms with Gasteiger partial charge in [-0.05, 0) is 18.6 Å². The molecular formula is C10H10ClF2NO2. The highest BCUT2D eigenvalue weighted by atomic mass is 35.5. The van der Waals surface area contributed by atoms with Gasteiger partial charge in [-0.25, -0.2) is 0 Å². The van der Waals surface area contributed by atoms with E-state index in [1.54, 1.807) is 19.1 Å². The smallest absolute Gasteiger partial charge is 0.387 e. The maximum Gasteiger partial charge on any atom is 0.387 e. The van der Waals surface area contributed by atoms with Gasteiger partial charge in [0.1, 0.15) is 11.6 Å². The van der Waals surface area contributed by atoms with E-state index in [0.717, 1.165) is 0 Å². The number of amides is 1. The van der Waals surface area contributed by atoms with Crippen molar-refractivity contribution < 1.29 is 18.3 Å². The molecule has 16 heavy (non-hydrogen) atoms. The minimum Gasteiger partial charge on any atom is -0.434 e. The molecule has 0 saturated heterocycles. The minimum atomic E-state index is -2.89. The monoisotopic (exact) mass is 249 g/mol. The van der Waals surface area contributed by atoms with Crippen LogP contribution >= 0.6 is 11.6 Å². The molecule has 88 valence electrons. The van der Waals surface area contributed by atoms with Crippen LogP contribution in [0.15, 0.2) is 18.2 Å². The Morgan fingerprint density at radius 2 is 2.25 bits per heavy atom. The molecule has 0 aromatic heterocycles. The van der Waals surface area contributed by atoms with Crippen molar-refractivity contribution in [1.29, 1.82) is 0 Å². The molecule has 0 radical (unpaired) electrons. The zero-order valence-corrected chi connectivity index (χ0v) is 9.22. The summed E-state index contributed by atoms with van der Waals surface area (Å²) in [5.41, 5.74) is 0.927. The molecule has 6 heteroatoms. The fraction of sp³-hybridized carbons (Fsp3) is 0.300. The number of alkyl halides is 3. The summed E-state index contributed by atoms with van der Waals surface area (Å²) in [6.45, 7) is -1.26.